The SMILES string of the molecule is CC1CC1c1ccc(C=CC(=O)N2CCC(C(=O)O)C2)o1. The molecule has 5 heteroatoms. The van der Waals surface area contributed by atoms with Gasteiger partial charge in [-0.3, -0.25) is 9.59 Å². The van der Waals surface area contributed by atoms with E-state index in [0.29, 0.717) is 37.1 Å². The molecule has 0 aromatic carbocycles. The molecule has 2 aliphatic rings. The van der Waals surface area contributed by atoms with Gasteiger partial charge in [0, 0.05) is 25.1 Å². The Kier molecular flexibility index (Phi) is 3.57. The molecule has 1 saturated heterocycles. The third-order valence-electron chi connectivity index (χ3n) is 4.36. The number of furan rings is 1. The number of likely N-dealkylation sites (tertiary alicyclic amines) is 1. The Hall–Kier alpha value is -2.04. The number of amides is 1. The summed E-state index contributed by atoms with van der Waals surface area (Å²) in [6.07, 6.45) is 4.81. The molecule has 1 aromatic rings. The number of carbonyl (C=O) groups excluding carboxylic acids is 1. The summed E-state index contributed by atoms with van der Waals surface area (Å²) in [5, 5.41) is 8.93. The molecule has 2 fully saturated rings. The van der Waals surface area contributed by atoms with E-state index in [4.69, 9.17) is 9.52 Å². The van der Waals surface area contributed by atoms with Crippen LogP contribution in [0.25, 0.3) is 6.08 Å². The van der Waals surface area contributed by atoms with E-state index in [0.717, 1.165) is 5.76 Å². The molecular weight excluding hydrogens is 270 g/mol. The summed E-state index contributed by atoms with van der Waals surface area (Å²) < 4.78 is 5.70. The standard InChI is InChI=1S/C16H19NO4/c1-10-8-13(10)14-4-2-12(21-14)3-5-15(18)17-7-6-11(9-17)16(19)20/h2-5,10-11,13H,6-9H2,1H3,(H,19,20). The molecular formula is C16H19NO4. The molecule has 0 bridgehead atoms. The number of carboxylic acid groups (broad SMARTS) is 1. The lowest BCUT2D eigenvalue weighted by Crippen LogP contribution is -2.28. The minimum absolute atomic E-state index is 0.156. The molecule has 1 N–H and O–H groups in total. The largest absolute Gasteiger partial charge is 0.481 e. The lowest BCUT2D eigenvalue weighted by Gasteiger charge is -2.12. The Bertz CT molecular complexity index is 589. The van der Waals surface area contributed by atoms with Crippen molar-refractivity contribution in [1.82, 2.24) is 4.90 Å². The van der Waals surface area contributed by atoms with Crippen LogP contribution in [0.4, 0.5) is 0 Å². The second kappa shape index (κ2) is 5.39. The van der Waals surface area contributed by atoms with E-state index >= 15 is 0 Å². The summed E-state index contributed by atoms with van der Waals surface area (Å²) >= 11 is 0. The number of carboxylic acids is 1. The minimum Gasteiger partial charge on any atom is -0.481 e. The van der Waals surface area contributed by atoms with E-state index in [1.807, 2.05) is 12.1 Å². The van der Waals surface area contributed by atoms with E-state index in [9.17, 15) is 9.59 Å². The first-order valence-electron chi connectivity index (χ1n) is 7.34. The first-order chi connectivity index (χ1) is 10.0. The summed E-state index contributed by atoms with van der Waals surface area (Å²) in [4.78, 5) is 24.4. The molecule has 112 valence electrons. The normalized spacial score (nSPS) is 28.2. The lowest BCUT2D eigenvalue weighted by molar-refractivity contribution is -0.141. The maximum atomic E-state index is 12.0. The molecule has 3 unspecified atom stereocenters. The fourth-order valence-electron chi connectivity index (χ4n) is 2.80. The summed E-state index contributed by atoms with van der Waals surface area (Å²) in [7, 11) is 0. The molecule has 21 heavy (non-hydrogen) atoms. The zero-order valence-corrected chi connectivity index (χ0v) is 12.0. The fraction of sp³-hybridized carbons (Fsp3) is 0.500. The third kappa shape index (κ3) is 3.01. The van der Waals surface area contributed by atoms with Crippen molar-refractivity contribution < 1.29 is 19.1 Å². The Balaban J connectivity index is 1.57. The predicted molar refractivity (Wildman–Crippen MR) is 76.6 cm³/mol. The molecule has 1 aliphatic heterocycles. The van der Waals surface area contributed by atoms with Crippen LogP contribution in [0.3, 0.4) is 0 Å². The van der Waals surface area contributed by atoms with Gasteiger partial charge in [-0.2, -0.15) is 0 Å². The Morgan fingerprint density at radius 3 is 2.81 bits per heavy atom. The monoisotopic (exact) mass is 289 g/mol. The number of hydrogen-bond donors (Lipinski definition) is 1. The van der Waals surface area contributed by atoms with Crippen molar-refractivity contribution in [2.75, 3.05) is 13.1 Å². The van der Waals surface area contributed by atoms with Crippen molar-refractivity contribution in [3.8, 4) is 0 Å². The molecule has 2 heterocycles. The molecule has 1 saturated carbocycles. The maximum Gasteiger partial charge on any atom is 0.308 e. The molecule has 5 nitrogen and oxygen atoms in total. The van der Waals surface area contributed by atoms with Crippen molar-refractivity contribution >= 4 is 18.0 Å². The highest BCUT2D eigenvalue weighted by molar-refractivity contribution is 5.92. The molecule has 1 aliphatic carbocycles. The highest BCUT2D eigenvalue weighted by Gasteiger charge is 2.36. The van der Waals surface area contributed by atoms with Gasteiger partial charge in [0.1, 0.15) is 11.5 Å². The highest BCUT2D eigenvalue weighted by Crippen LogP contribution is 2.47. The van der Waals surface area contributed by atoms with Gasteiger partial charge in [0.2, 0.25) is 5.91 Å². The Labute approximate surface area is 123 Å². The average Bonchev–Trinajstić information content (AvgIpc) is 2.90. The summed E-state index contributed by atoms with van der Waals surface area (Å²) in [6.45, 7) is 2.99. The van der Waals surface area contributed by atoms with E-state index in [-0.39, 0.29) is 5.91 Å². The maximum absolute atomic E-state index is 12.0. The summed E-state index contributed by atoms with van der Waals surface area (Å²) in [5.74, 6) is 1.45. The number of hydrogen-bond acceptors (Lipinski definition) is 3. The van der Waals surface area contributed by atoms with E-state index in [1.54, 1.807) is 11.0 Å². The average molecular weight is 289 g/mol. The van der Waals surface area contributed by atoms with Crippen LogP contribution in [-0.2, 0) is 9.59 Å². The topological polar surface area (TPSA) is 70.8 Å². The van der Waals surface area contributed by atoms with Gasteiger partial charge in [0.15, 0.2) is 0 Å². The van der Waals surface area contributed by atoms with Gasteiger partial charge >= 0.3 is 5.97 Å². The molecule has 3 rings (SSSR count). The van der Waals surface area contributed by atoms with E-state index in [1.165, 1.54) is 12.5 Å². The molecule has 3 atom stereocenters. The molecule has 1 aromatic heterocycles. The van der Waals surface area contributed by atoms with Gasteiger partial charge < -0.3 is 14.4 Å². The van der Waals surface area contributed by atoms with Crippen molar-refractivity contribution in [2.45, 2.75) is 25.7 Å². The van der Waals surface area contributed by atoms with Crippen LogP contribution in [0.1, 0.15) is 37.2 Å². The van der Waals surface area contributed by atoms with E-state index in [2.05, 4.69) is 6.92 Å². The quantitative estimate of drug-likeness (QED) is 0.864. The number of aliphatic carboxylic acids is 1. The van der Waals surface area contributed by atoms with Gasteiger partial charge in [-0.1, -0.05) is 6.92 Å². The molecule has 1 amide bonds. The van der Waals surface area contributed by atoms with Crippen molar-refractivity contribution in [1.29, 1.82) is 0 Å². The second-order valence-corrected chi connectivity index (χ2v) is 6.00. The van der Waals surface area contributed by atoms with Crippen LogP contribution >= 0.6 is 0 Å². The summed E-state index contributed by atoms with van der Waals surface area (Å²) in [6, 6.07) is 3.84. The number of rotatable bonds is 4. The van der Waals surface area contributed by atoms with Gasteiger partial charge in [-0.15, -0.1) is 0 Å². The zero-order chi connectivity index (χ0) is 15.0. The highest BCUT2D eigenvalue weighted by atomic mass is 16.4. The van der Waals surface area contributed by atoms with E-state index < -0.39 is 11.9 Å². The smallest absolute Gasteiger partial charge is 0.308 e. The van der Waals surface area contributed by atoms with Crippen molar-refractivity contribution in [2.24, 2.45) is 11.8 Å². The van der Waals surface area contributed by atoms with Gasteiger partial charge in [-0.25, -0.2) is 0 Å². The van der Waals surface area contributed by atoms with Crippen LogP contribution < -0.4 is 0 Å². The van der Waals surface area contributed by atoms with Gasteiger partial charge in [-0.05, 0) is 37.0 Å². The zero-order valence-electron chi connectivity index (χ0n) is 12.0. The van der Waals surface area contributed by atoms with Crippen LogP contribution in [0, 0.1) is 11.8 Å². The van der Waals surface area contributed by atoms with Crippen LogP contribution in [0.5, 0.6) is 0 Å². The summed E-state index contributed by atoms with van der Waals surface area (Å²) in [5.41, 5.74) is 0. The molecule has 0 radical (unpaired) electrons. The second-order valence-electron chi connectivity index (χ2n) is 6.00. The van der Waals surface area contributed by atoms with Gasteiger partial charge in [0.05, 0.1) is 5.92 Å². The number of nitrogens with zero attached hydrogens (tertiary/aromatic N) is 1. The first kappa shape index (κ1) is 13.9. The van der Waals surface area contributed by atoms with Crippen LogP contribution in [0.2, 0.25) is 0 Å². The van der Waals surface area contributed by atoms with Crippen molar-refractivity contribution in [3.63, 3.8) is 0 Å². The minimum atomic E-state index is -0.830. The van der Waals surface area contributed by atoms with Crippen LogP contribution in [0.15, 0.2) is 22.6 Å². The third-order valence-corrected chi connectivity index (χ3v) is 4.36. The van der Waals surface area contributed by atoms with Crippen LogP contribution in [-0.4, -0.2) is 35.0 Å². The fourth-order valence-corrected chi connectivity index (χ4v) is 2.80. The predicted octanol–water partition coefficient (Wildman–Crippen LogP) is 2.35. The van der Waals surface area contributed by atoms with Gasteiger partial charge in [0.25, 0.3) is 0 Å². The Morgan fingerprint density at radius 1 is 1.43 bits per heavy atom. The lowest BCUT2D eigenvalue weighted by atomic mass is 10.1. The Morgan fingerprint density at radius 2 is 2.19 bits per heavy atom. The molecule has 0 spiro atoms. The number of carbonyl (C=O) groups is 2. The van der Waals surface area contributed by atoms with Crippen molar-refractivity contribution in [3.05, 3.63) is 29.7 Å². The first-order valence-corrected chi connectivity index (χ1v) is 7.34.